The average Bonchev–Trinajstić information content (AvgIpc) is 1.99. The number of aliphatic hydroxyl groups is 1. The molecule has 0 bridgehead atoms. The Morgan fingerprint density at radius 2 is 2.36 bits per heavy atom. The van der Waals surface area contributed by atoms with Crippen LogP contribution in [0.25, 0.3) is 0 Å². The van der Waals surface area contributed by atoms with E-state index in [9.17, 15) is 4.79 Å². The minimum absolute atomic E-state index is 0. The first-order valence-electron chi connectivity index (χ1n) is 2.83. The van der Waals surface area contributed by atoms with Crippen LogP contribution in [0.3, 0.4) is 0 Å². The molecule has 0 radical (unpaired) electrons. The molecule has 0 heterocycles. The number of ether oxygens (including phenoxy) is 1. The van der Waals surface area contributed by atoms with Gasteiger partial charge in [0.1, 0.15) is 0 Å². The molecule has 0 rings (SSSR count). The number of methoxy groups -OCH3 is 1. The van der Waals surface area contributed by atoms with E-state index in [1.165, 1.54) is 19.3 Å². The van der Waals surface area contributed by atoms with Crippen LogP contribution in [0.5, 0.6) is 0 Å². The summed E-state index contributed by atoms with van der Waals surface area (Å²) in [6.07, 6.45) is 2.56. The quantitative estimate of drug-likeness (QED) is 0.453. The second-order valence-electron chi connectivity index (χ2n) is 1.73. The molecule has 3 N–H and O–H groups in total. The summed E-state index contributed by atoms with van der Waals surface area (Å²) in [5, 5.41) is 8.39. The Balaban J connectivity index is 0. The minimum Gasteiger partial charge on any atom is -0.466 e. The molecule has 0 aromatic rings. The fourth-order valence-electron chi connectivity index (χ4n) is 0.331. The Morgan fingerprint density at radius 3 is 2.73 bits per heavy atom. The van der Waals surface area contributed by atoms with Gasteiger partial charge in [0.15, 0.2) is 0 Å². The zero-order valence-electron chi connectivity index (χ0n) is 6.19. The molecule has 0 aliphatic rings. The summed E-state index contributed by atoms with van der Waals surface area (Å²) in [6.45, 7) is -0.173. The summed E-state index contributed by atoms with van der Waals surface area (Å²) >= 11 is 0. The van der Waals surface area contributed by atoms with Crippen molar-refractivity contribution in [3.63, 3.8) is 0 Å². The highest BCUT2D eigenvalue weighted by molar-refractivity contribution is 5.85. The molecule has 1 atom stereocenters. The van der Waals surface area contributed by atoms with Gasteiger partial charge in [-0.05, 0) is 0 Å². The van der Waals surface area contributed by atoms with Crippen LogP contribution < -0.4 is 5.73 Å². The lowest BCUT2D eigenvalue weighted by Gasteiger charge is -1.97. The van der Waals surface area contributed by atoms with Gasteiger partial charge in [-0.2, -0.15) is 0 Å². The molecule has 11 heavy (non-hydrogen) atoms. The minimum atomic E-state index is -0.487. The van der Waals surface area contributed by atoms with Crippen LogP contribution in [-0.4, -0.2) is 30.8 Å². The zero-order valence-corrected chi connectivity index (χ0v) is 7.00. The predicted octanol–water partition coefficient (Wildman–Crippen LogP) is -0.543. The third-order valence-corrected chi connectivity index (χ3v) is 0.892. The first kappa shape index (κ1) is 13.0. The van der Waals surface area contributed by atoms with Crippen LogP contribution >= 0.6 is 12.4 Å². The maximum Gasteiger partial charge on any atom is 0.330 e. The maximum atomic E-state index is 10.4. The maximum absolute atomic E-state index is 10.4. The van der Waals surface area contributed by atoms with Gasteiger partial charge in [-0.1, -0.05) is 6.08 Å². The van der Waals surface area contributed by atoms with Gasteiger partial charge in [0, 0.05) is 12.1 Å². The molecular weight excluding hydrogens is 170 g/mol. The molecule has 0 aliphatic carbocycles. The van der Waals surface area contributed by atoms with Crippen LogP contribution in [0.15, 0.2) is 12.2 Å². The van der Waals surface area contributed by atoms with E-state index in [0.717, 1.165) is 0 Å². The van der Waals surface area contributed by atoms with Crippen molar-refractivity contribution in [2.45, 2.75) is 6.04 Å². The smallest absolute Gasteiger partial charge is 0.330 e. The Bertz CT molecular complexity index is 138. The summed E-state index contributed by atoms with van der Waals surface area (Å²) < 4.78 is 4.28. The molecule has 0 saturated carbocycles. The number of aliphatic hydroxyl groups excluding tert-OH is 1. The molecule has 0 spiro atoms. The number of carbonyl (C=O) groups excluding carboxylic acids is 1. The van der Waals surface area contributed by atoms with Gasteiger partial charge in [0.05, 0.1) is 13.7 Å². The van der Waals surface area contributed by atoms with Gasteiger partial charge in [0.25, 0.3) is 0 Å². The molecule has 0 aliphatic heterocycles. The average molecular weight is 182 g/mol. The van der Waals surface area contributed by atoms with Crippen LogP contribution in [-0.2, 0) is 9.53 Å². The number of hydrogen-bond donors (Lipinski definition) is 2. The number of rotatable bonds is 3. The molecule has 0 saturated heterocycles. The van der Waals surface area contributed by atoms with Crippen molar-refractivity contribution in [2.75, 3.05) is 13.7 Å². The van der Waals surface area contributed by atoms with Crippen molar-refractivity contribution < 1.29 is 14.6 Å². The van der Waals surface area contributed by atoms with Gasteiger partial charge in [-0.25, -0.2) is 4.79 Å². The fraction of sp³-hybridized carbons (Fsp3) is 0.500. The SMILES string of the molecule is COC(=O)/C=C/[C@@H](N)CO.Cl. The lowest BCUT2D eigenvalue weighted by Crippen LogP contribution is -2.21. The highest BCUT2D eigenvalue weighted by atomic mass is 35.5. The second kappa shape index (κ2) is 7.53. The molecule has 0 aromatic heterocycles. The summed E-state index contributed by atoms with van der Waals surface area (Å²) in [5.41, 5.74) is 5.23. The molecule has 0 fully saturated rings. The Hall–Kier alpha value is -0.580. The number of hydrogen-bond acceptors (Lipinski definition) is 4. The fourth-order valence-corrected chi connectivity index (χ4v) is 0.331. The molecule has 5 heteroatoms. The Kier molecular flexibility index (Phi) is 8.92. The van der Waals surface area contributed by atoms with Gasteiger partial charge < -0.3 is 15.6 Å². The van der Waals surface area contributed by atoms with Crippen LogP contribution in [0, 0.1) is 0 Å². The van der Waals surface area contributed by atoms with E-state index in [2.05, 4.69) is 4.74 Å². The topological polar surface area (TPSA) is 72.5 Å². The first-order chi connectivity index (χ1) is 4.70. The monoisotopic (exact) mass is 181 g/mol. The lowest BCUT2D eigenvalue weighted by atomic mass is 10.3. The third kappa shape index (κ3) is 7.32. The van der Waals surface area contributed by atoms with E-state index >= 15 is 0 Å². The lowest BCUT2D eigenvalue weighted by molar-refractivity contribution is -0.134. The van der Waals surface area contributed by atoms with Crippen LogP contribution in [0.1, 0.15) is 0 Å². The van der Waals surface area contributed by atoms with E-state index < -0.39 is 12.0 Å². The Labute approximate surface area is 71.4 Å². The van der Waals surface area contributed by atoms with Crippen molar-refractivity contribution in [2.24, 2.45) is 5.73 Å². The number of nitrogens with two attached hydrogens (primary N) is 1. The number of halogens is 1. The van der Waals surface area contributed by atoms with E-state index in [0.29, 0.717) is 0 Å². The van der Waals surface area contributed by atoms with Crippen molar-refractivity contribution in [3.8, 4) is 0 Å². The van der Waals surface area contributed by atoms with E-state index in [4.69, 9.17) is 10.8 Å². The van der Waals surface area contributed by atoms with Crippen molar-refractivity contribution in [1.29, 1.82) is 0 Å². The molecular formula is C6H12ClNO3. The van der Waals surface area contributed by atoms with Gasteiger partial charge in [0.2, 0.25) is 0 Å². The summed E-state index contributed by atoms with van der Waals surface area (Å²) in [5.74, 6) is -0.469. The third-order valence-electron chi connectivity index (χ3n) is 0.892. The summed E-state index contributed by atoms with van der Waals surface area (Å²) in [4.78, 5) is 10.4. The molecule has 0 unspecified atom stereocenters. The van der Waals surface area contributed by atoms with E-state index in [1.807, 2.05) is 0 Å². The van der Waals surface area contributed by atoms with Crippen LogP contribution in [0.2, 0.25) is 0 Å². The Morgan fingerprint density at radius 1 is 1.82 bits per heavy atom. The van der Waals surface area contributed by atoms with Crippen molar-refractivity contribution >= 4 is 18.4 Å². The first-order valence-corrected chi connectivity index (χ1v) is 2.83. The highest BCUT2D eigenvalue weighted by Crippen LogP contribution is 1.81. The van der Waals surface area contributed by atoms with Gasteiger partial charge in [-0.3, -0.25) is 0 Å². The molecule has 4 nitrogen and oxygen atoms in total. The van der Waals surface area contributed by atoms with Crippen molar-refractivity contribution in [3.05, 3.63) is 12.2 Å². The van der Waals surface area contributed by atoms with E-state index in [1.54, 1.807) is 0 Å². The van der Waals surface area contributed by atoms with Gasteiger partial charge >= 0.3 is 5.97 Å². The largest absolute Gasteiger partial charge is 0.466 e. The zero-order chi connectivity index (χ0) is 7.98. The summed E-state index contributed by atoms with van der Waals surface area (Å²) in [7, 11) is 1.27. The normalized spacial score (nSPS) is 12.3. The molecule has 66 valence electrons. The van der Waals surface area contributed by atoms with E-state index in [-0.39, 0.29) is 19.0 Å². The van der Waals surface area contributed by atoms with Crippen LogP contribution in [0.4, 0.5) is 0 Å². The molecule has 0 amide bonds. The molecule has 0 aromatic carbocycles. The standard InChI is InChI=1S/C6H11NO3.ClH/c1-10-6(9)3-2-5(7)4-8;/h2-3,5,8H,4,7H2,1H3;1H/b3-2+;/t5-;/m1./s1. The second-order valence-corrected chi connectivity index (χ2v) is 1.73. The number of carbonyl (C=O) groups is 1. The van der Waals surface area contributed by atoms with Crippen molar-refractivity contribution in [1.82, 2.24) is 0 Å². The highest BCUT2D eigenvalue weighted by Gasteiger charge is 1.94. The summed E-state index contributed by atoms with van der Waals surface area (Å²) in [6, 6.07) is -0.487. The number of esters is 1. The predicted molar refractivity (Wildman–Crippen MR) is 43.5 cm³/mol. The van der Waals surface area contributed by atoms with Gasteiger partial charge in [-0.15, -0.1) is 12.4 Å².